The number of hydrogen-bond acceptors (Lipinski definition) is 4. The van der Waals surface area contributed by atoms with Crippen LogP contribution in [0.5, 0.6) is 0 Å². The van der Waals surface area contributed by atoms with E-state index in [2.05, 4.69) is 0 Å². The first-order chi connectivity index (χ1) is 4.00. The van der Waals surface area contributed by atoms with Gasteiger partial charge >= 0.3 is 41.5 Å². The Balaban J connectivity index is -0.000000107. The molecule has 0 aliphatic heterocycles. The molecular formula is H4CuMoO8S. The molecule has 0 unspecified atom stereocenters. The van der Waals surface area contributed by atoms with Crippen LogP contribution in [0, 0.1) is 0 Å². The van der Waals surface area contributed by atoms with Crippen LogP contribution in [0.1, 0.15) is 0 Å². The van der Waals surface area contributed by atoms with E-state index in [0.717, 1.165) is 0 Å². The first kappa shape index (κ1) is 17.6. The Labute approximate surface area is 76.0 Å². The molecule has 11 heteroatoms. The van der Waals surface area contributed by atoms with Crippen molar-refractivity contribution in [2.24, 2.45) is 0 Å². The molecule has 0 saturated carbocycles. The van der Waals surface area contributed by atoms with Gasteiger partial charge in [-0.15, -0.1) is 0 Å². The van der Waals surface area contributed by atoms with Gasteiger partial charge in [-0.1, -0.05) is 0 Å². The van der Waals surface area contributed by atoms with Crippen LogP contribution in [-0.2, 0) is 51.0 Å². The van der Waals surface area contributed by atoms with E-state index < -0.39 is 27.1 Å². The molecule has 0 fully saturated rings. The first-order valence-corrected chi connectivity index (χ1v) is 6.23. The maximum absolute atomic E-state index is 8.85. The summed E-state index contributed by atoms with van der Waals surface area (Å²) in [7, 11) is -4.67. The van der Waals surface area contributed by atoms with Gasteiger partial charge in [-0.25, -0.2) is 0 Å². The topological polar surface area (TPSA) is 149 Å². The third-order valence-electron chi connectivity index (χ3n) is 0. The van der Waals surface area contributed by atoms with Crippen LogP contribution in [0.25, 0.3) is 0 Å². The van der Waals surface area contributed by atoms with Crippen molar-refractivity contribution >= 4 is 10.4 Å². The molecule has 75 valence electrons. The second kappa shape index (κ2) is 6.15. The van der Waals surface area contributed by atoms with E-state index in [9.17, 15) is 0 Å². The van der Waals surface area contributed by atoms with Crippen LogP contribution in [-0.4, -0.2) is 25.0 Å². The molecule has 0 aromatic carbocycles. The molecule has 8 nitrogen and oxygen atoms in total. The van der Waals surface area contributed by atoms with E-state index in [4.69, 9.17) is 31.8 Å². The molecule has 0 rings (SSSR count). The minimum atomic E-state index is -5.52. The Kier molecular flexibility index (Phi) is 9.85. The Hall–Kier alpha value is 0.598. The Morgan fingerprint density at radius 1 is 1.00 bits per heavy atom. The van der Waals surface area contributed by atoms with E-state index in [-0.39, 0.29) is 17.1 Å². The third kappa shape index (κ3) is 2190. The van der Waals surface area contributed by atoms with Gasteiger partial charge in [0.1, 0.15) is 0 Å². The molecule has 0 atom stereocenters. The van der Waals surface area contributed by atoms with Gasteiger partial charge in [-0.05, 0) is 0 Å². The van der Waals surface area contributed by atoms with E-state index >= 15 is 0 Å². The van der Waals surface area contributed by atoms with Gasteiger partial charge in [0.25, 0.3) is 0 Å². The van der Waals surface area contributed by atoms with Gasteiger partial charge in [-0.2, -0.15) is 8.42 Å². The van der Waals surface area contributed by atoms with Crippen LogP contribution in [0.15, 0.2) is 0 Å². The predicted octanol–water partition coefficient (Wildman–Crippen LogP) is -2.01. The van der Waals surface area contributed by atoms with Crippen LogP contribution in [0.2, 0.25) is 0 Å². The van der Waals surface area contributed by atoms with Crippen LogP contribution >= 0.6 is 0 Å². The fourth-order valence-corrected chi connectivity index (χ4v) is 0. The maximum atomic E-state index is 8.85. The van der Waals surface area contributed by atoms with E-state index in [1.807, 2.05) is 0 Å². The standard InChI is InChI=1S/Cu.Mo.H2O4S.2H2O.2O/c;;1-5(2,3)4;;;;/h;;(H2,1,2,3,4);2*1H2;;/q;+2;;;;;/p-2. The van der Waals surface area contributed by atoms with Gasteiger partial charge in [-0.3, -0.25) is 9.11 Å². The third-order valence-corrected chi connectivity index (χ3v) is 0. The molecule has 0 aromatic heterocycles. The fourth-order valence-electron chi connectivity index (χ4n) is 0. The van der Waals surface area contributed by atoms with Gasteiger partial charge in [0, 0.05) is 17.1 Å². The zero-order chi connectivity index (χ0) is 9.00. The molecule has 1 radical (unpaired) electrons. The van der Waals surface area contributed by atoms with E-state index in [1.54, 1.807) is 0 Å². The fraction of sp³-hybridized carbons (Fsp3) is 0. The van der Waals surface area contributed by atoms with Crippen molar-refractivity contribution in [2.45, 2.75) is 0 Å². The van der Waals surface area contributed by atoms with Crippen molar-refractivity contribution in [3.8, 4) is 0 Å². The van der Waals surface area contributed by atoms with Crippen molar-refractivity contribution in [3.05, 3.63) is 0 Å². The normalized spacial score (nSPS) is 10.5. The van der Waals surface area contributed by atoms with Gasteiger partial charge < -0.3 is 0 Å². The summed E-state index contributed by atoms with van der Waals surface area (Å²) in [4.78, 5) is 0. The van der Waals surface area contributed by atoms with Crippen molar-refractivity contribution in [3.63, 3.8) is 0 Å². The monoisotopic (exact) mass is 325 g/mol. The zero-order valence-corrected chi connectivity index (χ0v) is 8.30. The predicted molar refractivity (Wildman–Crippen MR) is 20.0 cm³/mol. The molecule has 0 aliphatic rings. The molecule has 0 amide bonds. The Morgan fingerprint density at radius 3 is 1.00 bits per heavy atom. The molecular weight excluding hydrogens is 320 g/mol. The molecule has 0 saturated heterocycles. The van der Waals surface area contributed by atoms with Crippen molar-refractivity contribution in [1.82, 2.24) is 0 Å². The van der Waals surface area contributed by atoms with Gasteiger partial charge in [0.2, 0.25) is 0 Å². The van der Waals surface area contributed by atoms with E-state index in [0.29, 0.717) is 0 Å². The molecule has 0 aromatic rings. The number of rotatable bonds is 0. The average molecular weight is 324 g/mol. The second-order valence-corrected chi connectivity index (χ2v) is 3.99. The summed E-state index contributed by atoms with van der Waals surface area (Å²) in [5.74, 6) is 0. The average Bonchev–Trinajstić information content (AvgIpc) is 1.12. The Morgan fingerprint density at radius 2 is 1.00 bits per heavy atom. The summed E-state index contributed by atoms with van der Waals surface area (Å²) in [5.41, 5.74) is 0. The van der Waals surface area contributed by atoms with Crippen LogP contribution in [0.4, 0.5) is 0 Å². The Bertz CT molecular complexity index is 210. The van der Waals surface area contributed by atoms with Crippen molar-refractivity contribution in [1.29, 1.82) is 0 Å². The minimum absolute atomic E-state index is 0. The first-order valence-electron chi connectivity index (χ1n) is 1.40. The summed E-state index contributed by atoms with van der Waals surface area (Å²) < 4.78 is 63.6. The van der Waals surface area contributed by atoms with Crippen molar-refractivity contribution in [2.75, 3.05) is 0 Å². The second-order valence-electron chi connectivity index (χ2n) is 0.896. The van der Waals surface area contributed by atoms with Crippen LogP contribution in [0.3, 0.4) is 0 Å². The number of hydrogen-bond donors (Lipinski definition) is 4. The van der Waals surface area contributed by atoms with Gasteiger partial charge in [0.05, 0.1) is 0 Å². The summed E-state index contributed by atoms with van der Waals surface area (Å²) in [6.07, 6.45) is 0. The van der Waals surface area contributed by atoms with E-state index in [1.165, 1.54) is 0 Å². The summed E-state index contributed by atoms with van der Waals surface area (Å²) in [6.45, 7) is 0. The quantitative estimate of drug-likeness (QED) is 0.295. The SMILES string of the molecule is O=S(=O)(O)O.[Cu].[O]=[Mo](=[O])([OH])[OH]. The zero-order valence-electron chi connectivity index (χ0n) is 4.54. The van der Waals surface area contributed by atoms with Crippen molar-refractivity contribution < 1.29 is 65.7 Å². The molecule has 0 heterocycles. The molecule has 0 bridgehead atoms. The van der Waals surface area contributed by atoms with Gasteiger partial charge in [0.15, 0.2) is 0 Å². The molecule has 0 aliphatic carbocycles. The summed E-state index contributed by atoms with van der Waals surface area (Å²) >= 11 is -5.52. The molecule has 0 spiro atoms. The summed E-state index contributed by atoms with van der Waals surface area (Å²) in [5, 5.41) is 0. The molecule has 4 N–H and O–H groups in total. The summed E-state index contributed by atoms with van der Waals surface area (Å²) in [6, 6.07) is 0. The van der Waals surface area contributed by atoms with Crippen LogP contribution < -0.4 is 0 Å². The molecule has 11 heavy (non-hydrogen) atoms.